The maximum Gasteiger partial charge on any atom is 0.255 e. The van der Waals surface area contributed by atoms with Crippen LogP contribution in [0, 0.1) is 5.82 Å². The third-order valence-electron chi connectivity index (χ3n) is 3.44. The largest absolute Gasteiger partial charge is 0.378 e. The number of carbonyl (C=O) groups is 1. The predicted octanol–water partition coefficient (Wildman–Crippen LogP) is 2.44. The molecule has 1 aliphatic rings. The molecule has 1 saturated heterocycles. The molecular formula is C16H16FN3O2. The summed E-state index contributed by atoms with van der Waals surface area (Å²) in [5.74, 6) is -0.444. The first-order chi connectivity index (χ1) is 10.7. The fourth-order valence-electron chi connectivity index (χ4n) is 2.29. The maximum absolute atomic E-state index is 13.7. The molecule has 0 saturated carbocycles. The van der Waals surface area contributed by atoms with E-state index in [0.717, 1.165) is 0 Å². The number of aromatic nitrogens is 1. The van der Waals surface area contributed by atoms with Gasteiger partial charge in [0.25, 0.3) is 5.91 Å². The van der Waals surface area contributed by atoms with Crippen molar-refractivity contribution in [2.45, 2.75) is 0 Å². The first kappa shape index (κ1) is 14.5. The number of halogens is 1. The van der Waals surface area contributed by atoms with Crippen LogP contribution >= 0.6 is 0 Å². The molecule has 22 heavy (non-hydrogen) atoms. The van der Waals surface area contributed by atoms with E-state index in [0.29, 0.717) is 43.2 Å². The van der Waals surface area contributed by atoms with Crippen molar-refractivity contribution in [3.05, 3.63) is 54.1 Å². The molecule has 1 aliphatic heterocycles. The first-order valence-corrected chi connectivity index (χ1v) is 7.07. The molecular weight excluding hydrogens is 285 g/mol. The molecule has 1 N–H and O–H groups in total. The molecule has 2 aromatic rings. The molecule has 1 fully saturated rings. The standard InChI is InChI=1S/C16H16FN3O2/c17-14-3-1-2-4-15(14)19-13-9-12(10-18-11-13)16(21)20-5-7-22-8-6-20/h1-4,9-11,19H,5-8H2. The lowest BCUT2D eigenvalue weighted by atomic mass is 10.2. The van der Waals surface area contributed by atoms with E-state index in [1.165, 1.54) is 12.3 Å². The van der Waals surface area contributed by atoms with Gasteiger partial charge >= 0.3 is 0 Å². The van der Waals surface area contributed by atoms with E-state index in [9.17, 15) is 9.18 Å². The normalized spacial score (nSPS) is 14.7. The van der Waals surface area contributed by atoms with E-state index < -0.39 is 0 Å². The van der Waals surface area contributed by atoms with Gasteiger partial charge in [-0.25, -0.2) is 4.39 Å². The molecule has 2 heterocycles. The lowest BCUT2D eigenvalue weighted by molar-refractivity contribution is 0.0302. The molecule has 1 aromatic heterocycles. The molecule has 0 spiro atoms. The second-order valence-electron chi connectivity index (χ2n) is 4.97. The second-order valence-corrected chi connectivity index (χ2v) is 4.97. The highest BCUT2D eigenvalue weighted by Crippen LogP contribution is 2.20. The van der Waals surface area contributed by atoms with Crippen LogP contribution in [0.15, 0.2) is 42.7 Å². The Morgan fingerprint density at radius 3 is 2.77 bits per heavy atom. The summed E-state index contributed by atoms with van der Waals surface area (Å²) in [5, 5.41) is 2.94. The van der Waals surface area contributed by atoms with Crippen molar-refractivity contribution in [2.24, 2.45) is 0 Å². The van der Waals surface area contributed by atoms with E-state index in [4.69, 9.17) is 4.74 Å². The van der Waals surface area contributed by atoms with Crippen molar-refractivity contribution in [2.75, 3.05) is 31.6 Å². The maximum atomic E-state index is 13.7. The number of carbonyl (C=O) groups excluding carboxylic acids is 1. The molecule has 0 atom stereocenters. The highest BCUT2D eigenvalue weighted by molar-refractivity contribution is 5.95. The highest BCUT2D eigenvalue weighted by atomic mass is 19.1. The van der Waals surface area contributed by atoms with Crippen LogP contribution in [-0.4, -0.2) is 42.1 Å². The highest BCUT2D eigenvalue weighted by Gasteiger charge is 2.19. The summed E-state index contributed by atoms with van der Waals surface area (Å²) in [6, 6.07) is 8.04. The fraction of sp³-hybridized carbons (Fsp3) is 0.250. The number of amides is 1. The Bertz CT molecular complexity index is 672. The molecule has 0 radical (unpaired) electrons. The van der Waals surface area contributed by atoms with Gasteiger partial charge in [-0.15, -0.1) is 0 Å². The summed E-state index contributed by atoms with van der Waals surface area (Å²) in [7, 11) is 0. The van der Waals surface area contributed by atoms with Crippen LogP contribution in [0.2, 0.25) is 0 Å². The number of hydrogen-bond acceptors (Lipinski definition) is 4. The Labute approximate surface area is 127 Å². The van der Waals surface area contributed by atoms with Crippen molar-refractivity contribution < 1.29 is 13.9 Å². The Kier molecular flexibility index (Phi) is 4.29. The molecule has 3 rings (SSSR count). The minimum Gasteiger partial charge on any atom is -0.378 e. The summed E-state index contributed by atoms with van der Waals surface area (Å²) in [5.41, 5.74) is 1.40. The van der Waals surface area contributed by atoms with Gasteiger partial charge in [-0.3, -0.25) is 9.78 Å². The first-order valence-electron chi connectivity index (χ1n) is 7.07. The smallest absolute Gasteiger partial charge is 0.255 e. The second kappa shape index (κ2) is 6.53. The van der Waals surface area contributed by atoms with Crippen LogP contribution in [0.25, 0.3) is 0 Å². The number of nitrogens with zero attached hydrogens (tertiary/aromatic N) is 2. The Balaban J connectivity index is 1.77. The quantitative estimate of drug-likeness (QED) is 0.946. The van der Waals surface area contributed by atoms with Crippen molar-refractivity contribution >= 4 is 17.3 Å². The van der Waals surface area contributed by atoms with Gasteiger partial charge in [-0.2, -0.15) is 0 Å². The van der Waals surface area contributed by atoms with Crippen LogP contribution in [0.4, 0.5) is 15.8 Å². The minimum absolute atomic E-state index is 0.0898. The van der Waals surface area contributed by atoms with Gasteiger partial charge in [0.1, 0.15) is 5.82 Å². The molecule has 5 nitrogen and oxygen atoms in total. The molecule has 114 valence electrons. The van der Waals surface area contributed by atoms with Gasteiger partial charge in [0.05, 0.1) is 36.3 Å². The molecule has 0 aliphatic carbocycles. The Hall–Kier alpha value is -2.47. The van der Waals surface area contributed by atoms with E-state index in [1.54, 1.807) is 35.4 Å². The van der Waals surface area contributed by atoms with E-state index in [1.807, 2.05) is 0 Å². The third kappa shape index (κ3) is 3.23. The zero-order valence-electron chi connectivity index (χ0n) is 12.0. The van der Waals surface area contributed by atoms with Gasteiger partial charge in [-0.05, 0) is 18.2 Å². The number of nitrogens with one attached hydrogen (secondary N) is 1. The monoisotopic (exact) mass is 301 g/mol. The predicted molar refractivity (Wildman–Crippen MR) is 80.6 cm³/mol. The average molecular weight is 301 g/mol. The van der Waals surface area contributed by atoms with Crippen molar-refractivity contribution in [1.29, 1.82) is 0 Å². The summed E-state index contributed by atoms with van der Waals surface area (Å²) >= 11 is 0. The summed E-state index contributed by atoms with van der Waals surface area (Å²) in [6.07, 6.45) is 3.08. The van der Waals surface area contributed by atoms with Crippen LogP contribution in [0.5, 0.6) is 0 Å². The van der Waals surface area contributed by atoms with Crippen molar-refractivity contribution in [3.8, 4) is 0 Å². The van der Waals surface area contributed by atoms with E-state index >= 15 is 0 Å². The Morgan fingerprint density at radius 1 is 1.23 bits per heavy atom. The zero-order valence-corrected chi connectivity index (χ0v) is 12.0. The number of pyridine rings is 1. The van der Waals surface area contributed by atoms with Crippen LogP contribution in [-0.2, 0) is 4.74 Å². The van der Waals surface area contributed by atoms with Gasteiger partial charge < -0.3 is 15.0 Å². The average Bonchev–Trinajstić information content (AvgIpc) is 2.57. The SMILES string of the molecule is O=C(c1cncc(Nc2ccccc2F)c1)N1CCOCC1. The number of benzene rings is 1. The number of rotatable bonds is 3. The van der Waals surface area contributed by atoms with Gasteiger partial charge in [0.2, 0.25) is 0 Å². The van der Waals surface area contributed by atoms with E-state index in [-0.39, 0.29) is 11.7 Å². The zero-order chi connectivity index (χ0) is 15.4. The van der Waals surface area contributed by atoms with Crippen LogP contribution < -0.4 is 5.32 Å². The minimum atomic E-state index is -0.354. The number of para-hydroxylation sites is 1. The van der Waals surface area contributed by atoms with Gasteiger partial charge in [0, 0.05) is 19.3 Å². The van der Waals surface area contributed by atoms with Crippen LogP contribution in [0.1, 0.15) is 10.4 Å². The van der Waals surface area contributed by atoms with Crippen molar-refractivity contribution in [1.82, 2.24) is 9.88 Å². The summed E-state index contributed by atoms with van der Waals surface area (Å²) < 4.78 is 18.9. The molecule has 1 aromatic carbocycles. The molecule has 0 unspecified atom stereocenters. The number of morpholine rings is 1. The topological polar surface area (TPSA) is 54.5 Å². The lowest BCUT2D eigenvalue weighted by Gasteiger charge is -2.26. The summed E-state index contributed by atoms with van der Waals surface area (Å²) in [4.78, 5) is 18.2. The van der Waals surface area contributed by atoms with Gasteiger partial charge in [-0.1, -0.05) is 12.1 Å². The molecule has 6 heteroatoms. The Morgan fingerprint density at radius 2 is 2.00 bits per heavy atom. The van der Waals surface area contributed by atoms with E-state index in [2.05, 4.69) is 10.3 Å². The number of anilines is 2. The fourth-order valence-corrected chi connectivity index (χ4v) is 2.29. The van der Waals surface area contributed by atoms with Crippen LogP contribution in [0.3, 0.4) is 0 Å². The molecule has 0 bridgehead atoms. The lowest BCUT2D eigenvalue weighted by Crippen LogP contribution is -2.40. The summed E-state index contributed by atoms with van der Waals surface area (Å²) in [6.45, 7) is 2.24. The van der Waals surface area contributed by atoms with Gasteiger partial charge in [0.15, 0.2) is 0 Å². The number of hydrogen-bond donors (Lipinski definition) is 1. The van der Waals surface area contributed by atoms with Crippen molar-refractivity contribution in [3.63, 3.8) is 0 Å². The molecule has 1 amide bonds. The third-order valence-corrected chi connectivity index (χ3v) is 3.44. The number of ether oxygens (including phenoxy) is 1.